The lowest BCUT2D eigenvalue weighted by molar-refractivity contribution is -0.146. The van der Waals surface area contributed by atoms with E-state index in [4.69, 9.17) is 5.11 Å². The Balaban J connectivity index is 4.27. The number of hydrogen-bond donors (Lipinski definition) is 2. The van der Waals surface area contributed by atoms with Gasteiger partial charge in [0.15, 0.2) is 0 Å². The fraction of sp³-hybridized carbons (Fsp3) is 0.750. The predicted octanol–water partition coefficient (Wildman–Crippen LogP) is 0.719. The van der Waals surface area contributed by atoms with E-state index in [1.165, 1.54) is 18.7 Å². The minimum absolute atomic E-state index is 0.237. The van der Waals surface area contributed by atoms with Gasteiger partial charge in [-0.3, -0.25) is 4.79 Å². The van der Waals surface area contributed by atoms with Gasteiger partial charge < -0.3 is 10.4 Å². The molecule has 0 aliphatic rings. The maximum atomic E-state index is 11.1. The van der Waals surface area contributed by atoms with Crippen LogP contribution in [0.2, 0.25) is 0 Å². The van der Waals surface area contributed by atoms with Gasteiger partial charge in [-0.2, -0.15) is 11.8 Å². The van der Waals surface area contributed by atoms with Gasteiger partial charge in [0.25, 0.3) is 0 Å². The third kappa shape index (κ3) is 3.67. The Morgan fingerprint density at radius 3 is 2.38 bits per heavy atom. The zero-order valence-corrected chi connectivity index (χ0v) is 8.90. The van der Waals surface area contributed by atoms with Crippen molar-refractivity contribution in [3.8, 4) is 0 Å². The van der Waals surface area contributed by atoms with Crippen LogP contribution in [0.3, 0.4) is 0 Å². The zero-order chi connectivity index (χ0) is 10.5. The van der Waals surface area contributed by atoms with E-state index in [1.807, 2.05) is 0 Å². The fourth-order valence-corrected chi connectivity index (χ4v) is 1.10. The van der Waals surface area contributed by atoms with Gasteiger partial charge in [-0.1, -0.05) is 6.92 Å². The van der Waals surface area contributed by atoms with Crippen LogP contribution in [0.5, 0.6) is 0 Å². The number of thioether (sulfide) groups is 1. The van der Waals surface area contributed by atoms with Gasteiger partial charge in [0.1, 0.15) is 5.54 Å². The molecule has 0 saturated heterocycles. The summed E-state index contributed by atoms with van der Waals surface area (Å²) in [4.78, 5) is 21.9. The van der Waals surface area contributed by atoms with Gasteiger partial charge in [0, 0.05) is 0 Å². The molecule has 76 valence electrons. The number of nitrogens with one attached hydrogen (secondary N) is 1. The van der Waals surface area contributed by atoms with Crippen LogP contribution in [0.1, 0.15) is 20.3 Å². The molecule has 1 unspecified atom stereocenters. The highest BCUT2D eigenvalue weighted by Gasteiger charge is 2.32. The van der Waals surface area contributed by atoms with Crippen LogP contribution in [0, 0.1) is 0 Å². The minimum Gasteiger partial charge on any atom is -0.480 e. The van der Waals surface area contributed by atoms with Gasteiger partial charge in [0.05, 0.1) is 5.75 Å². The van der Waals surface area contributed by atoms with E-state index in [-0.39, 0.29) is 5.91 Å². The van der Waals surface area contributed by atoms with E-state index in [2.05, 4.69) is 5.32 Å². The van der Waals surface area contributed by atoms with Gasteiger partial charge >= 0.3 is 5.97 Å². The lowest BCUT2D eigenvalue weighted by Crippen LogP contribution is -2.52. The molecule has 4 nitrogen and oxygen atoms in total. The molecule has 5 heteroatoms. The number of hydrogen-bond acceptors (Lipinski definition) is 3. The largest absolute Gasteiger partial charge is 0.480 e. The molecular formula is C8H15NO3S. The summed E-state index contributed by atoms with van der Waals surface area (Å²) in [7, 11) is 0. The summed E-state index contributed by atoms with van der Waals surface area (Å²) >= 11 is 1.37. The van der Waals surface area contributed by atoms with Crippen LogP contribution in [0.4, 0.5) is 0 Å². The van der Waals surface area contributed by atoms with Gasteiger partial charge in [-0.25, -0.2) is 4.79 Å². The van der Waals surface area contributed by atoms with Crippen molar-refractivity contribution in [1.29, 1.82) is 0 Å². The second-order valence-corrected chi connectivity index (χ2v) is 3.84. The molecule has 0 aromatic rings. The molecular weight excluding hydrogens is 190 g/mol. The van der Waals surface area contributed by atoms with E-state index < -0.39 is 11.5 Å². The van der Waals surface area contributed by atoms with Crippen LogP contribution < -0.4 is 5.32 Å². The standard InChI is InChI=1S/C8H15NO3S/c1-4-8(2,7(11)12)9-6(10)5-13-3/h4-5H2,1-3H3,(H,9,10)(H,11,12). The topological polar surface area (TPSA) is 66.4 Å². The Morgan fingerprint density at radius 2 is 2.08 bits per heavy atom. The SMILES string of the molecule is CCC(C)(NC(=O)CSC)C(=O)O. The Morgan fingerprint density at radius 1 is 1.54 bits per heavy atom. The molecule has 0 aliphatic heterocycles. The number of carboxylic acid groups (broad SMARTS) is 1. The quantitative estimate of drug-likeness (QED) is 0.694. The molecule has 1 amide bonds. The van der Waals surface area contributed by atoms with Crippen molar-refractivity contribution in [2.45, 2.75) is 25.8 Å². The molecule has 0 bridgehead atoms. The number of amides is 1. The van der Waals surface area contributed by atoms with Crippen LogP contribution >= 0.6 is 11.8 Å². The molecule has 0 aromatic carbocycles. The molecule has 0 spiro atoms. The summed E-state index contributed by atoms with van der Waals surface area (Å²) < 4.78 is 0. The van der Waals surface area contributed by atoms with Crippen molar-refractivity contribution in [3.63, 3.8) is 0 Å². The van der Waals surface area contributed by atoms with E-state index in [0.717, 1.165) is 0 Å². The van der Waals surface area contributed by atoms with Crippen molar-refractivity contribution in [3.05, 3.63) is 0 Å². The highest BCUT2D eigenvalue weighted by Crippen LogP contribution is 2.09. The molecule has 0 rings (SSSR count). The second kappa shape index (κ2) is 5.11. The Labute approximate surface area is 82.1 Å². The summed E-state index contributed by atoms with van der Waals surface area (Å²) in [6, 6.07) is 0. The molecule has 0 aromatic heterocycles. The lowest BCUT2D eigenvalue weighted by Gasteiger charge is -2.24. The Kier molecular flexibility index (Phi) is 4.83. The maximum absolute atomic E-state index is 11.1. The summed E-state index contributed by atoms with van der Waals surface area (Å²) in [5.74, 6) is -0.938. The number of carboxylic acids is 1. The third-order valence-electron chi connectivity index (χ3n) is 1.87. The van der Waals surface area contributed by atoms with Crippen LogP contribution in [-0.2, 0) is 9.59 Å². The fourth-order valence-electron chi connectivity index (χ4n) is 0.768. The zero-order valence-electron chi connectivity index (χ0n) is 8.09. The van der Waals surface area contributed by atoms with Crippen molar-refractivity contribution in [1.82, 2.24) is 5.32 Å². The number of rotatable bonds is 5. The molecule has 0 fully saturated rings. The second-order valence-electron chi connectivity index (χ2n) is 2.97. The first-order valence-corrected chi connectivity index (χ1v) is 5.39. The van der Waals surface area contributed by atoms with Gasteiger partial charge in [-0.05, 0) is 19.6 Å². The van der Waals surface area contributed by atoms with E-state index >= 15 is 0 Å². The number of carbonyl (C=O) groups excluding carboxylic acids is 1. The van der Waals surface area contributed by atoms with Crippen LogP contribution in [0.25, 0.3) is 0 Å². The average Bonchev–Trinajstić information content (AvgIpc) is 2.04. The Bertz CT molecular complexity index is 208. The highest BCUT2D eigenvalue weighted by molar-refractivity contribution is 7.99. The van der Waals surface area contributed by atoms with E-state index in [0.29, 0.717) is 12.2 Å². The van der Waals surface area contributed by atoms with Gasteiger partial charge in [-0.15, -0.1) is 0 Å². The molecule has 0 saturated carbocycles. The summed E-state index contributed by atoms with van der Waals surface area (Å²) in [6.45, 7) is 3.24. The molecule has 0 radical (unpaired) electrons. The van der Waals surface area contributed by atoms with Crippen molar-refractivity contribution < 1.29 is 14.7 Å². The smallest absolute Gasteiger partial charge is 0.329 e. The number of aliphatic carboxylic acids is 1. The molecule has 0 heterocycles. The maximum Gasteiger partial charge on any atom is 0.329 e. The average molecular weight is 205 g/mol. The normalized spacial score (nSPS) is 14.7. The third-order valence-corrected chi connectivity index (χ3v) is 2.42. The van der Waals surface area contributed by atoms with Crippen molar-refractivity contribution >= 4 is 23.6 Å². The van der Waals surface area contributed by atoms with Crippen molar-refractivity contribution in [2.75, 3.05) is 12.0 Å². The van der Waals surface area contributed by atoms with E-state index in [9.17, 15) is 9.59 Å². The van der Waals surface area contributed by atoms with Crippen LogP contribution in [0.15, 0.2) is 0 Å². The predicted molar refractivity (Wildman–Crippen MR) is 52.9 cm³/mol. The molecule has 2 N–H and O–H groups in total. The molecule has 13 heavy (non-hydrogen) atoms. The summed E-state index contributed by atoms with van der Waals surface area (Å²) in [5.41, 5.74) is -1.13. The van der Waals surface area contributed by atoms with Gasteiger partial charge in [0.2, 0.25) is 5.91 Å². The first-order valence-electron chi connectivity index (χ1n) is 3.99. The van der Waals surface area contributed by atoms with E-state index in [1.54, 1.807) is 13.2 Å². The first kappa shape index (κ1) is 12.3. The Hall–Kier alpha value is -0.710. The summed E-state index contributed by atoms with van der Waals surface area (Å²) in [5, 5.41) is 11.3. The van der Waals surface area contributed by atoms with Crippen LogP contribution in [-0.4, -0.2) is 34.5 Å². The summed E-state index contributed by atoms with van der Waals surface area (Å²) in [6.07, 6.45) is 2.17. The lowest BCUT2D eigenvalue weighted by atomic mass is 9.99. The van der Waals surface area contributed by atoms with Crippen molar-refractivity contribution in [2.24, 2.45) is 0 Å². The minimum atomic E-state index is -1.13. The highest BCUT2D eigenvalue weighted by atomic mass is 32.2. The monoisotopic (exact) mass is 205 g/mol. The molecule has 0 aliphatic carbocycles. The first-order chi connectivity index (χ1) is 5.96. The molecule has 1 atom stereocenters. The number of carbonyl (C=O) groups is 2.